The molecule has 1 aliphatic heterocycles. The predicted molar refractivity (Wildman–Crippen MR) is 153 cm³/mol. The van der Waals surface area contributed by atoms with Crippen molar-refractivity contribution in [2.24, 2.45) is 11.3 Å². The van der Waals surface area contributed by atoms with E-state index < -0.39 is 42.9 Å². The van der Waals surface area contributed by atoms with E-state index in [0.717, 1.165) is 12.8 Å². The molecule has 0 aliphatic carbocycles. The standard InChI is InChI=1S/C27H47N2O9P/c1-5-10-20(11-6-2)25(32)36-19-38-39(35,37-18-27(12-7-3,13-8-4)26(33)34)17-16-29-15-9-14-28-21-22(29)24(31)23(21)30/h20,28,35,39H,5-19H2,1-4H3,(H,33,34). The maximum absolute atomic E-state index is 12.6. The van der Waals surface area contributed by atoms with Crippen LogP contribution in [0.4, 0.5) is 11.4 Å². The predicted octanol–water partition coefficient (Wildman–Crippen LogP) is 3.81. The van der Waals surface area contributed by atoms with E-state index >= 15 is 0 Å². The molecular weight excluding hydrogens is 527 g/mol. The maximum atomic E-state index is 12.6. The van der Waals surface area contributed by atoms with Gasteiger partial charge in [-0.25, -0.2) is 0 Å². The van der Waals surface area contributed by atoms with Gasteiger partial charge in [0.2, 0.25) is 0 Å². The van der Waals surface area contributed by atoms with Crippen molar-refractivity contribution >= 4 is 31.3 Å². The van der Waals surface area contributed by atoms with Crippen LogP contribution >= 0.6 is 7.94 Å². The molecule has 39 heavy (non-hydrogen) atoms. The van der Waals surface area contributed by atoms with Gasteiger partial charge in [0.1, 0.15) is 0 Å². The SMILES string of the molecule is CCCC(CCC)C(=O)OCO[PH](O)(CCN1CCCNc2c1c(=O)c2=O)OCC(CCC)(CCC)C(=O)O. The molecule has 0 spiro atoms. The van der Waals surface area contributed by atoms with Gasteiger partial charge in [0.25, 0.3) is 0 Å². The Balaban J connectivity index is 2.19. The molecule has 0 saturated carbocycles. The van der Waals surface area contributed by atoms with Crippen LogP contribution in [-0.2, 0) is 23.4 Å². The summed E-state index contributed by atoms with van der Waals surface area (Å²) in [7, 11) is -4.09. The molecule has 1 aromatic carbocycles. The van der Waals surface area contributed by atoms with E-state index in [1.165, 1.54) is 0 Å². The van der Waals surface area contributed by atoms with E-state index in [4.69, 9.17) is 13.8 Å². The number of hydrogen-bond donors (Lipinski definition) is 3. The summed E-state index contributed by atoms with van der Waals surface area (Å²) in [5, 5.41) is 13.0. The third-order valence-electron chi connectivity index (χ3n) is 7.38. The van der Waals surface area contributed by atoms with Gasteiger partial charge in [-0.15, -0.1) is 0 Å². The van der Waals surface area contributed by atoms with Gasteiger partial charge in [0.05, 0.1) is 0 Å². The van der Waals surface area contributed by atoms with Gasteiger partial charge in [0, 0.05) is 0 Å². The van der Waals surface area contributed by atoms with Gasteiger partial charge in [0.15, 0.2) is 0 Å². The first kappa shape index (κ1) is 33.1. The van der Waals surface area contributed by atoms with Crippen LogP contribution < -0.4 is 21.1 Å². The van der Waals surface area contributed by atoms with Crippen molar-refractivity contribution in [1.29, 1.82) is 0 Å². The molecule has 0 atom stereocenters. The minimum absolute atomic E-state index is 0.0376. The zero-order chi connectivity index (χ0) is 29.1. The fourth-order valence-electron chi connectivity index (χ4n) is 5.25. The molecule has 0 unspecified atom stereocenters. The number of aliphatic carboxylic acids is 1. The van der Waals surface area contributed by atoms with Crippen molar-refractivity contribution in [3.8, 4) is 0 Å². The topological polar surface area (TPSA) is 152 Å². The number of carbonyl (C=O) groups excluding carboxylic acids is 1. The van der Waals surface area contributed by atoms with Crippen molar-refractivity contribution in [3.63, 3.8) is 0 Å². The average Bonchev–Trinajstić information content (AvgIpc) is 3.10. The Morgan fingerprint density at radius 1 is 1.03 bits per heavy atom. The molecule has 11 nitrogen and oxygen atoms in total. The van der Waals surface area contributed by atoms with Crippen molar-refractivity contribution in [3.05, 3.63) is 20.4 Å². The molecular formula is C27H47N2O9P. The fraction of sp³-hybridized carbons (Fsp3) is 0.778. The van der Waals surface area contributed by atoms with Crippen molar-refractivity contribution in [2.45, 2.75) is 85.5 Å². The van der Waals surface area contributed by atoms with E-state index in [2.05, 4.69) is 5.32 Å². The monoisotopic (exact) mass is 574 g/mol. The number of nitrogens with zero attached hydrogens (tertiary/aromatic N) is 1. The number of esters is 1. The normalized spacial score (nSPS) is 14.7. The van der Waals surface area contributed by atoms with Gasteiger partial charge >= 0.3 is 231 Å². The molecule has 1 heterocycles. The van der Waals surface area contributed by atoms with Crippen LogP contribution in [0.5, 0.6) is 0 Å². The molecule has 224 valence electrons. The number of carbonyl (C=O) groups is 2. The Labute approximate surface area is 231 Å². The number of fused-ring (bicyclic) bond motifs is 1. The number of nitrogens with one attached hydrogen (secondary N) is 1. The first-order valence-electron chi connectivity index (χ1n) is 14.3. The summed E-state index contributed by atoms with van der Waals surface area (Å²) in [6, 6.07) is 0. The molecule has 0 saturated heterocycles. The number of rotatable bonds is 19. The fourth-order valence-corrected chi connectivity index (χ4v) is 6.92. The Morgan fingerprint density at radius 3 is 2.23 bits per heavy atom. The zero-order valence-corrected chi connectivity index (χ0v) is 24.9. The van der Waals surface area contributed by atoms with Crippen LogP contribution in [-0.4, -0.2) is 61.1 Å². The summed E-state index contributed by atoms with van der Waals surface area (Å²) in [4.78, 5) is 62.4. The Kier molecular flexibility index (Phi) is 13.3. The van der Waals surface area contributed by atoms with E-state index in [9.17, 15) is 29.2 Å². The van der Waals surface area contributed by atoms with Gasteiger partial charge in [-0.3, -0.25) is 0 Å². The van der Waals surface area contributed by atoms with Gasteiger partial charge in [-0.05, 0) is 0 Å². The average molecular weight is 575 g/mol. The molecule has 0 aromatic heterocycles. The van der Waals surface area contributed by atoms with E-state index in [0.29, 0.717) is 63.7 Å². The van der Waals surface area contributed by atoms with E-state index in [1.54, 1.807) is 4.90 Å². The Morgan fingerprint density at radius 2 is 1.67 bits per heavy atom. The summed E-state index contributed by atoms with van der Waals surface area (Å²) >= 11 is 0. The molecule has 2 rings (SSSR count). The molecule has 0 fully saturated rings. The molecule has 1 aromatic rings. The Hall–Kier alpha value is -2.07. The summed E-state index contributed by atoms with van der Waals surface area (Å²) in [6.45, 7) is 8.21. The van der Waals surface area contributed by atoms with Crippen LogP contribution in [0.2, 0.25) is 0 Å². The molecule has 12 heteroatoms. The van der Waals surface area contributed by atoms with Crippen LogP contribution in [0.25, 0.3) is 0 Å². The van der Waals surface area contributed by atoms with Crippen LogP contribution in [0, 0.1) is 11.3 Å². The summed E-state index contributed by atoms with van der Waals surface area (Å²) in [5.41, 5.74) is -1.74. The molecule has 3 N–H and O–H groups in total. The summed E-state index contributed by atoms with van der Waals surface area (Å²) in [6.07, 6.45) is 5.67. The van der Waals surface area contributed by atoms with E-state index in [1.807, 2.05) is 27.7 Å². The first-order chi connectivity index (χ1) is 18.6. The molecule has 0 radical (unpaired) electrons. The second kappa shape index (κ2) is 15.6. The minimum atomic E-state index is -4.09. The van der Waals surface area contributed by atoms with Gasteiger partial charge in [-0.1, -0.05) is 0 Å². The number of carboxylic acid groups (broad SMARTS) is 1. The quantitative estimate of drug-likeness (QED) is 0.0957. The number of anilines is 2. The van der Waals surface area contributed by atoms with Crippen molar-refractivity contribution < 1.29 is 33.4 Å². The second-order valence-electron chi connectivity index (χ2n) is 10.5. The Bertz CT molecular complexity index is 998. The molecule has 1 aliphatic rings. The molecule has 0 bridgehead atoms. The van der Waals surface area contributed by atoms with Crippen molar-refractivity contribution in [1.82, 2.24) is 0 Å². The number of ether oxygens (including phenoxy) is 1. The van der Waals surface area contributed by atoms with Crippen LogP contribution in [0.1, 0.15) is 85.5 Å². The first-order valence-corrected chi connectivity index (χ1v) is 16.3. The second-order valence-corrected chi connectivity index (χ2v) is 13.0. The third-order valence-corrected chi connectivity index (χ3v) is 9.40. The number of hydrogen-bond acceptors (Lipinski definition) is 10. The molecule has 0 amide bonds. The van der Waals surface area contributed by atoms with Gasteiger partial charge < -0.3 is 0 Å². The summed E-state index contributed by atoms with van der Waals surface area (Å²) in [5.74, 6) is -1.66. The zero-order valence-electron chi connectivity index (χ0n) is 23.9. The van der Waals surface area contributed by atoms with E-state index in [-0.39, 0.29) is 30.9 Å². The van der Waals surface area contributed by atoms with Gasteiger partial charge in [-0.2, -0.15) is 0 Å². The van der Waals surface area contributed by atoms with Crippen LogP contribution in [0.15, 0.2) is 9.59 Å². The third kappa shape index (κ3) is 8.71. The number of carboxylic acids is 1. The van der Waals surface area contributed by atoms with Crippen molar-refractivity contribution in [2.75, 3.05) is 49.4 Å². The van der Waals surface area contributed by atoms with Crippen LogP contribution in [0.3, 0.4) is 0 Å². The summed E-state index contributed by atoms with van der Waals surface area (Å²) < 4.78 is 17.0.